The van der Waals surface area contributed by atoms with E-state index in [9.17, 15) is 4.57 Å². The molecular formula is C5H10ClO3P. The summed E-state index contributed by atoms with van der Waals surface area (Å²) in [5.74, 6) is 0. The van der Waals surface area contributed by atoms with Crippen LogP contribution in [0.3, 0.4) is 0 Å². The Morgan fingerprint density at radius 1 is 1.30 bits per heavy atom. The third-order valence-electron chi connectivity index (χ3n) is 1.26. The van der Waals surface area contributed by atoms with Crippen LogP contribution in [0, 0.1) is 0 Å². The molecular weight excluding hydrogens is 174 g/mol. The van der Waals surface area contributed by atoms with Crippen LogP contribution < -0.4 is 0 Å². The number of hydrogen-bond acceptors (Lipinski definition) is 3. The normalized spacial score (nSPS) is 25.7. The van der Waals surface area contributed by atoms with Gasteiger partial charge in [0.2, 0.25) is 0 Å². The van der Waals surface area contributed by atoms with Crippen molar-refractivity contribution in [1.29, 1.82) is 0 Å². The third kappa shape index (κ3) is 2.24. The molecule has 3 nitrogen and oxygen atoms in total. The fourth-order valence-electron chi connectivity index (χ4n) is 0.718. The fourth-order valence-corrected chi connectivity index (χ4v) is 2.16. The van der Waals surface area contributed by atoms with Crippen molar-refractivity contribution < 1.29 is 13.6 Å². The highest BCUT2D eigenvalue weighted by Gasteiger charge is 2.24. The highest BCUT2D eigenvalue weighted by Crippen LogP contribution is 2.50. The van der Waals surface area contributed by atoms with Crippen molar-refractivity contribution >= 4 is 19.2 Å². The van der Waals surface area contributed by atoms with Gasteiger partial charge in [-0.1, -0.05) is 0 Å². The van der Waals surface area contributed by atoms with Crippen molar-refractivity contribution in [1.82, 2.24) is 0 Å². The second kappa shape index (κ2) is 3.72. The molecule has 1 heterocycles. The maximum atomic E-state index is 11.2. The van der Waals surface area contributed by atoms with Crippen molar-refractivity contribution in [3.05, 3.63) is 0 Å². The molecule has 0 aromatic carbocycles. The quantitative estimate of drug-likeness (QED) is 0.463. The molecule has 0 spiro atoms. The summed E-state index contributed by atoms with van der Waals surface area (Å²) in [6.45, 7) is 1.01. The van der Waals surface area contributed by atoms with Crippen LogP contribution in [0.1, 0.15) is 12.8 Å². The summed E-state index contributed by atoms with van der Waals surface area (Å²) in [5, 5.41) is 0. The average molecular weight is 185 g/mol. The highest BCUT2D eigenvalue weighted by atomic mass is 35.5. The van der Waals surface area contributed by atoms with Gasteiger partial charge < -0.3 is 9.05 Å². The lowest BCUT2D eigenvalue weighted by atomic mass is 10.3. The van der Waals surface area contributed by atoms with Gasteiger partial charge in [0.1, 0.15) is 5.62 Å². The Hall–Kier alpha value is 0.440. The molecule has 0 radical (unpaired) electrons. The largest absolute Gasteiger partial charge is 0.345 e. The molecule has 0 aromatic rings. The number of halogens is 1. The first-order valence-electron chi connectivity index (χ1n) is 3.21. The van der Waals surface area contributed by atoms with E-state index < -0.39 is 7.60 Å². The van der Waals surface area contributed by atoms with Crippen LogP contribution in [0.4, 0.5) is 0 Å². The second-order valence-electron chi connectivity index (χ2n) is 2.10. The van der Waals surface area contributed by atoms with Crippen molar-refractivity contribution in [2.75, 3.05) is 18.8 Å². The van der Waals surface area contributed by atoms with E-state index in [0.717, 1.165) is 12.8 Å². The zero-order valence-electron chi connectivity index (χ0n) is 5.59. The Morgan fingerprint density at radius 2 is 1.80 bits per heavy atom. The second-order valence-corrected chi connectivity index (χ2v) is 4.80. The lowest BCUT2D eigenvalue weighted by Gasteiger charge is -2.10. The van der Waals surface area contributed by atoms with E-state index in [1.165, 1.54) is 0 Å². The molecule has 1 saturated heterocycles. The molecule has 1 fully saturated rings. The van der Waals surface area contributed by atoms with Gasteiger partial charge in [0, 0.05) is 0 Å². The molecule has 5 heteroatoms. The fraction of sp³-hybridized carbons (Fsp3) is 1.00. The van der Waals surface area contributed by atoms with Crippen molar-refractivity contribution in [3.8, 4) is 0 Å². The molecule has 0 bridgehead atoms. The molecule has 0 aromatic heterocycles. The first-order chi connectivity index (χ1) is 4.77. The first kappa shape index (κ1) is 8.54. The van der Waals surface area contributed by atoms with Crippen molar-refractivity contribution in [3.63, 3.8) is 0 Å². The summed E-state index contributed by atoms with van der Waals surface area (Å²) in [6, 6.07) is 0. The molecule has 1 rings (SSSR count). The van der Waals surface area contributed by atoms with Crippen LogP contribution in [0.25, 0.3) is 0 Å². The van der Waals surface area contributed by atoms with E-state index in [4.69, 9.17) is 20.6 Å². The van der Waals surface area contributed by atoms with E-state index in [1.54, 1.807) is 0 Å². The van der Waals surface area contributed by atoms with Crippen molar-refractivity contribution in [2.45, 2.75) is 12.8 Å². The molecule has 1 aliphatic heterocycles. The predicted octanol–water partition coefficient (Wildman–Crippen LogP) is 2.20. The monoisotopic (exact) mass is 184 g/mol. The highest BCUT2D eigenvalue weighted by molar-refractivity contribution is 7.55. The maximum Gasteiger partial charge on any atom is 0.345 e. The van der Waals surface area contributed by atoms with E-state index in [1.807, 2.05) is 0 Å². The summed E-state index contributed by atoms with van der Waals surface area (Å²) in [5.41, 5.74) is -0.0347. The average Bonchev–Trinajstić information content (AvgIpc) is 2.15. The molecule has 10 heavy (non-hydrogen) atoms. The standard InChI is InChI=1S/C5H10ClO3P/c6-5-10(7)8-3-1-2-4-9-10/h1-5H2. The van der Waals surface area contributed by atoms with Gasteiger partial charge in [-0.25, -0.2) is 0 Å². The number of hydrogen-bond donors (Lipinski definition) is 0. The van der Waals surface area contributed by atoms with Gasteiger partial charge in [-0.3, -0.25) is 4.57 Å². The van der Waals surface area contributed by atoms with Crippen molar-refractivity contribution in [2.24, 2.45) is 0 Å². The van der Waals surface area contributed by atoms with E-state index in [-0.39, 0.29) is 5.62 Å². The SMILES string of the molecule is O=P1(CCl)OCCCCO1. The van der Waals surface area contributed by atoms with Gasteiger partial charge in [-0.2, -0.15) is 0 Å². The van der Waals surface area contributed by atoms with Gasteiger partial charge in [-0.05, 0) is 12.8 Å². The van der Waals surface area contributed by atoms with E-state index >= 15 is 0 Å². The molecule has 0 unspecified atom stereocenters. The summed E-state index contributed by atoms with van der Waals surface area (Å²) in [6.07, 6.45) is 1.81. The Balaban J connectivity index is 2.49. The lowest BCUT2D eigenvalue weighted by molar-refractivity contribution is 0.243. The zero-order valence-corrected chi connectivity index (χ0v) is 7.24. The Labute approximate surface area is 65.2 Å². The smallest absolute Gasteiger partial charge is 0.308 e. The van der Waals surface area contributed by atoms with Crippen LogP contribution in [-0.2, 0) is 13.6 Å². The van der Waals surface area contributed by atoms with Crippen LogP contribution in [0.15, 0.2) is 0 Å². The molecule has 0 aliphatic carbocycles. The molecule has 0 saturated carbocycles. The van der Waals surface area contributed by atoms with Crippen LogP contribution in [0.5, 0.6) is 0 Å². The Bertz CT molecular complexity index is 138. The Morgan fingerprint density at radius 3 is 2.20 bits per heavy atom. The van der Waals surface area contributed by atoms with Gasteiger partial charge >= 0.3 is 7.60 Å². The van der Waals surface area contributed by atoms with Gasteiger partial charge in [0.25, 0.3) is 0 Å². The third-order valence-corrected chi connectivity index (χ3v) is 3.58. The molecule has 0 N–H and O–H groups in total. The van der Waals surface area contributed by atoms with E-state index in [2.05, 4.69) is 0 Å². The summed E-state index contributed by atoms with van der Waals surface area (Å²) < 4.78 is 21.1. The zero-order chi connectivity index (χ0) is 7.45. The lowest BCUT2D eigenvalue weighted by Crippen LogP contribution is -1.92. The van der Waals surface area contributed by atoms with Gasteiger partial charge in [-0.15, -0.1) is 11.6 Å². The Kier molecular flexibility index (Phi) is 3.18. The van der Waals surface area contributed by atoms with Crippen LogP contribution >= 0.6 is 19.2 Å². The first-order valence-corrected chi connectivity index (χ1v) is 5.47. The molecule has 1 aliphatic rings. The minimum Gasteiger partial charge on any atom is -0.308 e. The maximum absolute atomic E-state index is 11.2. The summed E-state index contributed by atoms with van der Waals surface area (Å²) in [7, 11) is -2.87. The van der Waals surface area contributed by atoms with Gasteiger partial charge in [0.15, 0.2) is 0 Å². The minimum atomic E-state index is -2.87. The van der Waals surface area contributed by atoms with Gasteiger partial charge in [0.05, 0.1) is 13.2 Å². The predicted molar refractivity (Wildman–Crippen MR) is 39.5 cm³/mol. The topological polar surface area (TPSA) is 35.5 Å². The van der Waals surface area contributed by atoms with Crippen LogP contribution in [-0.4, -0.2) is 18.8 Å². The molecule has 0 atom stereocenters. The number of alkyl halides is 1. The summed E-state index contributed by atoms with van der Waals surface area (Å²) >= 11 is 5.38. The van der Waals surface area contributed by atoms with Crippen LogP contribution in [0.2, 0.25) is 0 Å². The number of rotatable bonds is 1. The minimum absolute atomic E-state index is 0.0347. The van der Waals surface area contributed by atoms with E-state index in [0.29, 0.717) is 13.2 Å². The molecule has 60 valence electrons. The summed E-state index contributed by atoms with van der Waals surface area (Å²) in [4.78, 5) is 0. The molecule has 0 amide bonds.